The highest BCUT2D eigenvalue weighted by molar-refractivity contribution is 5.68. The van der Waals surface area contributed by atoms with Gasteiger partial charge in [0.05, 0.1) is 5.69 Å². The van der Waals surface area contributed by atoms with Crippen LogP contribution in [-0.2, 0) is 6.54 Å². The number of nitrogens with one attached hydrogen (secondary N) is 1. The van der Waals surface area contributed by atoms with Crippen molar-refractivity contribution in [2.24, 2.45) is 5.73 Å². The zero-order chi connectivity index (χ0) is 11.4. The second-order valence-electron chi connectivity index (χ2n) is 3.47. The van der Waals surface area contributed by atoms with Crippen LogP contribution in [0.3, 0.4) is 0 Å². The third-order valence-electron chi connectivity index (χ3n) is 2.26. The van der Waals surface area contributed by atoms with Crippen molar-refractivity contribution < 1.29 is 0 Å². The molecule has 0 amide bonds. The first-order valence-electron chi connectivity index (χ1n) is 5.06. The molecule has 16 heavy (non-hydrogen) atoms. The molecule has 0 spiro atoms. The predicted molar refractivity (Wildman–Crippen MR) is 66.3 cm³/mol. The van der Waals surface area contributed by atoms with E-state index in [1.54, 1.807) is 12.3 Å². The Morgan fingerprint density at radius 3 is 2.81 bits per heavy atom. The van der Waals surface area contributed by atoms with Gasteiger partial charge in [0.15, 0.2) is 5.82 Å². The van der Waals surface area contributed by atoms with Crippen molar-refractivity contribution in [3.8, 4) is 0 Å². The molecule has 0 bridgehead atoms. The molecule has 1 aromatic carbocycles. The summed E-state index contributed by atoms with van der Waals surface area (Å²) in [4.78, 5) is 4.16. The van der Waals surface area contributed by atoms with E-state index in [1.165, 1.54) is 0 Å². The van der Waals surface area contributed by atoms with Gasteiger partial charge in [-0.3, -0.25) is 0 Å². The van der Waals surface area contributed by atoms with Crippen molar-refractivity contribution in [1.82, 2.24) is 4.98 Å². The van der Waals surface area contributed by atoms with Crippen LogP contribution in [0.1, 0.15) is 5.56 Å². The van der Waals surface area contributed by atoms with Crippen LogP contribution < -0.4 is 16.8 Å². The van der Waals surface area contributed by atoms with Crippen LogP contribution in [0.4, 0.5) is 17.2 Å². The largest absolute Gasteiger partial charge is 0.396 e. The van der Waals surface area contributed by atoms with Crippen LogP contribution in [0.25, 0.3) is 0 Å². The Bertz CT molecular complexity index is 482. The molecule has 0 aliphatic carbocycles. The van der Waals surface area contributed by atoms with Crippen LogP contribution in [0.2, 0.25) is 0 Å². The maximum Gasteiger partial charge on any atom is 0.153 e. The summed E-state index contributed by atoms with van der Waals surface area (Å²) in [6, 6.07) is 11.5. The minimum atomic E-state index is 0.521. The summed E-state index contributed by atoms with van der Waals surface area (Å²) < 4.78 is 0. The molecule has 0 atom stereocenters. The van der Waals surface area contributed by atoms with Gasteiger partial charge in [0.25, 0.3) is 0 Å². The summed E-state index contributed by atoms with van der Waals surface area (Å²) in [6.45, 7) is 0.521. The number of pyridine rings is 1. The molecule has 2 aromatic rings. The lowest BCUT2D eigenvalue weighted by Crippen LogP contribution is -2.00. The molecule has 1 heterocycles. The van der Waals surface area contributed by atoms with E-state index < -0.39 is 0 Å². The molecule has 0 saturated heterocycles. The minimum Gasteiger partial charge on any atom is -0.396 e. The SMILES string of the molecule is NCc1cccc(Nc2ncccc2N)c1. The van der Waals surface area contributed by atoms with Crippen LogP contribution in [0.5, 0.6) is 0 Å². The summed E-state index contributed by atoms with van der Waals surface area (Å²) in [5.74, 6) is 0.664. The van der Waals surface area contributed by atoms with Gasteiger partial charge in [-0.1, -0.05) is 12.1 Å². The van der Waals surface area contributed by atoms with Gasteiger partial charge in [0.2, 0.25) is 0 Å². The maximum absolute atomic E-state index is 5.79. The van der Waals surface area contributed by atoms with Gasteiger partial charge in [-0.05, 0) is 29.8 Å². The molecule has 1 aromatic heterocycles. The van der Waals surface area contributed by atoms with E-state index >= 15 is 0 Å². The van der Waals surface area contributed by atoms with Gasteiger partial charge in [-0.2, -0.15) is 0 Å². The lowest BCUT2D eigenvalue weighted by molar-refractivity contribution is 1.07. The Morgan fingerprint density at radius 2 is 2.06 bits per heavy atom. The minimum absolute atomic E-state index is 0.521. The van der Waals surface area contributed by atoms with E-state index in [9.17, 15) is 0 Å². The molecule has 0 radical (unpaired) electrons. The molecule has 82 valence electrons. The highest BCUT2D eigenvalue weighted by Gasteiger charge is 2.00. The fourth-order valence-electron chi connectivity index (χ4n) is 1.43. The Labute approximate surface area is 94.3 Å². The quantitative estimate of drug-likeness (QED) is 0.729. The number of hydrogen-bond acceptors (Lipinski definition) is 4. The molecule has 4 nitrogen and oxygen atoms in total. The maximum atomic E-state index is 5.79. The smallest absolute Gasteiger partial charge is 0.153 e. The molecule has 0 aliphatic heterocycles. The molecule has 0 fully saturated rings. The van der Waals surface area contributed by atoms with E-state index in [4.69, 9.17) is 11.5 Å². The highest BCUT2D eigenvalue weighted by Crippen LogP contribution is 2.20. The monoisotopic (exact) mass is 214 g/mol. The third-order valence-corrected chi connectivity index (χ3v) is 2.26. The zero-order valence-corrected chi connectivity index (χ0v) is 8.85. The number of nitrogens with zero attached hydrogens (tertiary/aromatic N) is 1. The summed E-state index contributed by atoms with van der Waals surface area (Å²) in [5, 5.41) is 3.16. The Balaban J connectivity index is 2.24. The average molecular weight is 214 g/mol. The first kappa shape index (κ1) is 10.4. The van der Waals surface area contributed by atoms with Crippen molar-refractivity contribution in [1.29, 1.82) is 0 Å². The van der Waals surface area contributed by atoms with Crippen molar-refractivity contribution in [3.63, 3.8) is 0 Å². The fraction of sp³-hybridized carbons (Fsp3) is 0.0833. The van der Waals surface area contributed by atoms with Gasteiger partial charge in [0, 0.05) is 18.4 Å². The Morgan fingerprint density at radius 1 is 1.19 bits per heavy atom. The first-order valence-corrected chi connectivity index (χ1v) is 5.06. The topological polar surface area (TPSA) is 77.0 Å². The molecular formula is C12H14N4. The highest BCUT2D eigenvalue weighted by atomic mass is 15.0. The number of benzene rings is 1. The van der Waals surface area contributed by atoms with Crippen molar-refractivity contribution in [2.45, 2.75) is 6.54 Å². The van der Waals surface area contributed by atoms with Crippen molar-refractivity contribution in [2.75, 3.05) is 11.1 Å². The molecule has 0 saturated carbocycles. The van der Waals surface area contributed by atoms with E-state index in [2.05, 4.69) is 10.3 Å². The van der Waals surface area contributed by atoms with Crippen LogP contribution in [0.15, 0.2) is 42.6 Å². The molecule has 4 heteroatoms. The normalized spacial score (nSPS) is 10.1. The molecule has 0 unspecified atom stereocenters. The predicted octanol–water partition coefficient (Wildman–Crippen LogP) is 1.87. The van der Waals surface area contributed by atoms with Crippen molar-refractivity contribution in [3.05, 3.63) is 48.2 Å². The lowest BCUT2D eigenvalue weighted by atomic mass is 10.2. The second-order valence-corrected chi connectivity index (χ2v) is 3.47. The van der Waals surface area contributed by atoms with Crippen molar-refractivity contribution >= 4 is 17.2 Å². The lowest BCUT2D eigenvalue weighted by Gasteiger charge is -2.08. The summed E-state index contributed by atoms with van der Waals surface area (Å²) in [5.41, 5.74) is 14.0. The van der Waals surface area contributed by atoms with Gasteiger partial charge in [-0.25, -0.2) is 4.98 Å². The second kappa shape index (κ2) is 4.63. The Hall–Kier alpha value is -2.07. The number of rotatable bonds is 3. The Kier molecular flexibility index (Phi) is 3.03. The molecule has 2 rings (SSSR count). The van der Waals surface area contributed by atoms with Crippen LogP contribution in [0, 0.1) is 0 Å². The summed E-state index contributed by atoms with van der Waals surface area (Å²) in [6.07, 6.45) is 1.70. The number of nitrogen functional groups attached to an aromatic ring is 1. The number of nitrogens with two attached hydrogens (primary N) is 2. The van der Waals surface area contributed by atoms with Gasteiger partial charge in [-0.15, -0.1) is 0 Å². The number of aromatic nitrogens is 1. The van der Waals surface area contributed by atoms with Gasteiger partial charge in [0.1, 0.15) is 0 Å². The van der Waals surface area contributed by atoms with E-state index in [1.807, 2.05) is 30.3 Å². The standard InChI is InChI=1S/C12H14N4/c13-8-9-3-1-4-10(7-9)16-12-11(14)5-2-6-15-12/h1-7H,8,13-14H2,(H,15,16). The van der Waals surface area contributed by atoms with E-state index in [0.29, 0.717) is 18.1 Å². The first-order chi connectivity index (χ1) is 7.79. The van der Waals surface area contributed by atoms with Gasteiger partial charge >= 0.3 is 0 Å². The fourth-order valence-corrected chi connectivity index (χ4v) is 1.43. The summed E-state index contributed by atoms with van der Waals surface area (Å²) in [7, 11) is 0. The van der Waals surface area contributed by atoms with Crippen LogP contribution >= 0.6 is 0 Å². The zero-order valence-electron chi connectivity index (χ0n) is 8.85. The number of hydrogen-bond donors (Lipinski definition) is 3. The summed E-state index contributed by atoms with van der Waals surface area (Å²) >= 11 is 0. The average Bonchev–Trinajstić information content (AvgIpc) is 2.32. The van der Waals surface area contributed by atoms with E-state index in [-0.39, 0.29) is 0 Å². The molecule has 5 N–H and O–H groups in total. The molecule has 0 aliphatic rings. The molecular weight excluding hydrogens is 200 g/mol. The van der Waals surface area contributed by atoms with Gasteiger partial charge < -0.3 is 16.8 Å². The number of anilines is 3. The van der Waals surface area contributed by atoms with Crippen LogP contribution in [-0.4, -0.2) is 4.98 Å². The third kappa shape index (κ3) is 2.29. The van der Waals surface area contributed by atoms with E-state index in [0.717, 1.165) is 11.3 Å².